The fraction of sp³-hybridized carbons (Fsp3) is 0.185. The van der Waals surface area contributed by atoms with Gasteiger partial charge in [-0.1, -0.05) is 36.4 Å². The van der Waals surface area contributed by atoms with Crippen LogP contribution in [-0.2, 0) is 12.6 Å². The molecule has 2 aromatic heterocycles. The van der Waals surface area contributed by atoms with Crippen LogP contribution in [0.4, 0.5) is 0 Å². The molecule has 144 valence electrons. The van der Waals surface area contributed by atoms with Crippen molar-refractivity contribution in [2.24, 2.45) is 7.05 Å². The molecule has 0 saturated heterocycles. The van der Waals surface area contributed by atoms with Crippen LogP contribution in [0.25, 0.3) is 22.5 Å². The smallest absolute Gasteiger partial charge is 0.201 e. The zero-order valence-electron chi connectivity index (χ0n) is 17.6. The predicted molar refractivity (Wildman–Crippen MR) is 118 cm³/mol. The van der Waals surface area contributed by atoms with Gasteiger partial charge in [0.25, 0.3) is 0 Å². The maximum atomic E-state index is 2.40. The lowest BCUT2D eigenvalue weighted by Crippen LogP contribution is -2.54. The summed E-state index contributed by atoms with van der Waals surface area (Å²) < 4.78 is 4.59. The molecule has 0 aliphatic rings. The van der Waals surface area contributed by atoms with E-state index in [-0.39, 0.29) is 5.54 Å². The highest BCUT2D eigenvalue weighted by atomic mass is 15.0. The second kappa shape index (κ2) is 7.63. The quantitative estimate of drug-likeness (QED) is 0.429. The summed E-state index contributed by atoms with van der Waals surface area (Å²) in [6.07, 6.45) is 4.30. The highest BCUT2D eigenvalue weighted by molar-refractivity contribution is 5.63. The van der Waals surface area contributed by atoms with Gasteiger partial charge in [-0.25, -0.2) is 4.57 Å². The first-order chi connectivity index (χ1) is 14.0. The molecule has 0 fully saturated rings. The zero-order chi connectivity index (χ0) is 20.4. The first kappa shape index (κ1) is 19.1. The average molecular weight is 381 g/mol. The minimum absolute atomic E-state index is 0.238. The van der Waals surface area contributed by atoms with E-state index < -0.39 is 0 Å². The molecule has 0 radical (unpaired) electrons. The molecule has 0 aliphatic carbocycles. The summed E-state index contributed by atoms with van der Waals surface area (Å²) in [5.41, 5.74) is 7.31. The van der Waals surface area contributed by atoms with Gasteiger partial charge in [0, 0.05) is 49.2 Å². The molecule has 0 unspecified atom stereocenters. The minimum atomic E-state index is -0.238. The van der Waals surface area contributed by atoms with E-state index in [2.05, 4.69) is 134 Å². The SMILES string of the molecule is Cc1ccccc1-c1cccc[n+]1C(C)(C)c1ccccc1-c1cccc[n+]1C. The van der Waals surface area contributed by atoms with E-state index in [1.807, 2.05) is 0 Å². The molecule has 0 atom stereocenters. The highest BCUT2D eigenvalue weighted by Crippen LogP contribution is 2.32. The molecule has 4 rings (SSSR count). The van der Waals surface area contributed by atoms with Gasteiger partial charge in [0.05, 0.1) is 5.56 Å². The van der Waals surface area contributed by atoms with Crippen LogP contribution in [-0.4, -0.2) is 0 Å². The van der Waals surface area contributed by atoms with Crippen molar-refractivity contribution in [2.75, 3.05) is 0 Å². The molecule has 0 amide bonds. The van der Waals surface area contributed by atoms with Crippen LogP contribution in [0.15, 0.2) is 97.3 Å². The molecule has 2 heterocycles. The normalized spacial score (nSPS) is 11.4. The number of aromatic nitrogens is 2. The standard InChI is InChI=1S/C27H28N2/c1-21-13-5-6-14-22(21)26-18-10-12-20-29(26)27(2,3)24-16-8-7-15-23(24)25-17-9-11-19-28(25)4/h5-20H,1-4H3/q+2. The molecule has 2 aromatic carbocycles. The Kier molecular flexibility index (Phi) is 5.02. The molecule has 2 nitrogen and oxygen atoms in total. The van der Waals surface area contributed by atoms with Gasteiger partial charge in [-0.3, -0.25) is 0 Å². The van der Waals surface area contributed by atoms with Gasteiger partial charge in [-0.15, -0.1) is 0 Å². The van der Waals surface area contributed by atoms with E-state index in [1.54, 1.807) is 0 Å². The van der Waals surface area contributed by atoms with Crippen molar-refractivity contribution in [3.05, 3.63) is 108 Å². The lowest BCUT2D eigenvalue weighted by Gasteiger charge is -2.24. The molecule has 0 saturated carbocycles. The van der Waals surface area contributed by atoms with E-state index in [0.29, 0.717) is 0 Å². The van der Waals surface area contributed by atoms with E-state index in [4.69, 9.17) is 0 Å². The summed E-state index contributed by atoms with van der Waals surface area (Å²) in [7, 11) is 2.10. The molecule has 2 heteroatoms. The lowest BCUT2D eigenvalue weighted by atomic mass is 9.87. The van der Waals surface area contributed by atoms with Crippen LogP contribution in [0.1, 0.15) is 25.0 Å². The largest absolute Gasteiger partial charge is 0.213 e. The van der Waals surface area contributed by atoms with Gasteiger partial charge in [0.1, 0.15) is 7.05 Å². The summed E-state index contributed by atoms with van der Waals surface area (Å²) in [5, 5.41) is 0. The summed E-state index contributed by atoms with van der Waals surface area (Å²) >= 11 is 0. The van der Waals surface area contributed by atoms with Crippen molar-refractivity contribution in [2.45, 2.75) is 26.3 Å². The van der Waals surface area contributed by atoms with Crippen LogP contribution in [0, 0.1) is 6.92 Å². The summed E-state index contributed by atoms with van der Waals surface area (Å²) in [6, 6.07) is 30.2. The number of pyridine rings is 2. The van der Waals surface area contributed by atoms with Crippen molar-refractivity contribution < 1.29 is 9.13 Å². The molecule has 0 N–H and O–H groups in total. The summed E-state index contributed by atoms with van der Waals surface area (Å²) in [5.74, 6) is 0. The van der Waals surface area contributed by atoms with Gasteiger partial charge in [-0.2, -0.15) is 4.57 Å². The fourth-order valence-corrected chi connectivity index (χ4v) is 4.18. The fourth-order valence-electron chi connectivity index (χ4n) is 4.18. The Morgan fingerprint density at radius 3 is 1.93 bits per heavy atom. The minimum Gasteiger partial charge on any atom is -0.201 e. The number of benzene rings is 2. The maximum absolute atomic E-state index is 2.40. The first-order valence-electron chi connectivity index (χ1n) is 10.1. The molecule has 0 spiro atoms. The van der Waals surface area contributed by atoms with E-state index in [1.165, 1.54) is 33.6 Å². The second-order valence-electron chi connectivity index (χ2n) is 8.07. The molecular formula is C27H28N2+2. The molecule has 4 aromatic rings. The maximum Gasteiger partial charge on any atom is 0.213 e. The number of hydrogen-bond acceptors (Lipinski definition) is 0. The van der Waals surface area contributed by atoms with Crippen LogP contribution in [0.5, 0.6) is 0 Å². The van der Waals surface area contributed by atoms with Crippen LogP contribution >= 0.6 is 0 Å². The number of aryl methyl sites for hydroxylation is 2. The summed E-state index contributed by atoms with van der Waals surface area (Å²) in [6.45, 7) is 6.78. The lowest BCUT2D eigenvalue weighted by molar-refractivity contribution is -0.737. The third kappa shape index (κ3) is 3.47. The van der Waals surface area contributed by atoms with Crippen molar-refractivity contribution >= 4 is 0 Å². The topological polar surface area (TPSA) is 7.76 Å². The number of nitrogens with zero attached hydrogens (tertiary/aromatic N) is 2. The Balaban J connectivity index is 1.93. The van der Waals surface area contributed by atoms with Crippen LogP contribution in [0.3, 0.4) is 0 Å². The van der Waals surface area contributed by atoms with Gasteiger partial charge in [0.15, 0.2) is 17.9 Å². The van der Waals surface area contributed by atoms with Crippen molar-refractivity contribution in [1.82, 2.24) is 0 Å². The molecule has 29 heavy (non-hydrogen) atoms. The Hall–Kier alpha value is -3.26. The van der Waals surface area contributed by atoms with Gasteiger partial charge >= 0.3 is 0 Å². The van der Waals surface area contributed by atoms with Crippen molar-refractivity contribution in [3.8, 4) is 22.5 Å². The summed E-state index contributed by atoms with van der Waals surface area (Å²) in [4.78, 5) is 0. The Morgan fingerprint density at radius 2 is 1.21 bits per heavy atom. The van der Waals surface area contributed by atoms with Crippen LogP contribution in [0.2, 0.25) is 0 Å². The third-order valence-corrected chi connectivity index (χ3v) is 5.80. The monoisotopic (exact) mass is 380 g/mol. The Bertz CT molecular complexity index is 1070. The molecule has 0 bridgehead atoms. The predicted octanol–water partition coefficient (Wildman–Crippen LogP) is 5.22. The Labute approximate surface area is 173 Å². The average Bonchev–Trinajstić information content (AvgIpc) is 2.74. The second-order valence-corrected chi connectivity index (χ2v) is 8.07. The van der Waals surface area contributed by atoms with Gasteiger partial charge in [0.2, 0.25) is 11.4 Å². The van der Waals surface area contributed by atoms with Crippen LogP contribution < -0.4 is 9.13 Å². The van der Waals surface area contributed by atoms with E-state index in [0.717, 1.165) is 0 Å². The molecule has 0 aliphatic heterocycles. The van der Waals surface area contributed by atoms with Crippen molar-refractivity contribution in [1.29, 1.82) is 0 Å². The highest BCUT2D eigenvalue weighted by Gasteiger charge is 2.37. The third-order valence-electron chi connectivity index (χ3n) is 5.80. The Morgan fingerprint density at radius 1 is 0.621 bits per heavy atom. The van der Waals surface area contributed by atoms with Gasteiger partial charge in [-0.05, 0) is 36.8 Å². The van der Waals surface area contributed by atoms with E-state index >= 15 is 0 Å². The van der Waals surface area contributed by atoms with Gasteiger partial charge < -0.3 is 0 Å². The zero-order valence-corrected chi connectivity index (χ0v) is 17.6. The van der Waals surface area contributed by atoms with E-state index in [9.17, 15) is 0 Å². The number of rotatable bonds is 4. The van der Waals surface area contributed by atoms with Crippen molar-refractivity contribution in [3.63, 3.8) is 0 Å². The number of hydrogen-bond donors (Lipinski definition) is 0. The first-order valence-corrected chi connectivity index (χ1v) is 10.1. The molecular weight excluding hydrogens is 352 g/mol.